The maximum atomic E-state index is 14.9. The van der Waals surface area contributed by atoms with Crippen molar-refractivity contribution in [3.05, 3.63) is 75.7 Å². The van der Waals surface area contributed by atoms with Crippen LogP contribution in [0, 0.1) is 11.8 Å². The van der Waals surface area contributed by atoms with Crippen molar-refractivity contribution < 1.29 is 60.4 Å². The quantitative estimate of drug-likeness (QED) is 0.188. The lowest BCUT2D eigenvalue weighted by Crippen LogP contribution is -2.68. The molecule has 2 aliphatic heterocycles. The van der Waals surface area contributed by atoms with E-state index in [9.17, 15) is 50.9 Å². The molecule has 3 aromatic rings. The van der Waals surface area contributed by atoms with Crippen molar-refractivity contribution in [2.45, 2.75) is 94.3 Å². The summed E-state index contributed by atoms with van der Waals surface area (Å²) >= 11 is 0.365. The van der Waals surface area contributed by atoms with Crippen molar-refractivity contribution >= 4 is 29.1 Å². The van der Waals surface area contributed by atoms with E-state index in [2.05, 4.69) is 4.98 Å². The molecule has 0 radical (unpaired) electrons. The average Bonchev–Trinajstić information content (AvgIpc) is 3.85. The highest BCUT2D eigenvalue weighted by atomic mass is 32.1. The van der Waals surface area contributed by atoms with E-state index in [0.717, 1.165) is 34.7 Å². The highest BCUT2D eigenvalue weighted by Gasteiger charge is 2.57. The van der Waals surface area contributed by atoms with E-state index in [0.29, 0.717) is 48.3 Å². The fourth-order valence-corrected chi connectivity index (χ4v) is 9.00. The summed E-state index contributed by atoms with van der Waals surface area (Å²) in [6.07, 6.45) is -6.33. The van der Waals surface area contributed by atoms with E-state index in [-0.39, 0.29) is 70.0 Å². The van der Waals surface area contributed by atoms with Gasteiger partial charge < -0.3 is 29.5 Å². The Hall–Kier alpha value is -4.38. The molecule has 0 spiro atoms. The Labute approximate surface area is 323 Å². The first kappa shape index (κ1) is 41.3. The lowest BCUT2D eigenvalue weighted by Gasteiger charge is -2.51. The molecule has 6 rings (SSSR count). The largest absolute Gasteiger partial charge is 0.493 e. The highest BCUT2D eigenvalue weighted by molar-refractivity contribution is 7.10. The van der Waals surface area contributed by atoms with Gasteiger partial charge in [0.05, 0.1) is 29.7 Å². The maximum absolute atomic E-state index is 14.9. The second kappa shape index (κ2) is 16.2. The van der Waals surface area contributed by atoms with Crippen molar-refractivity contribution in [1.29, 1.82) is 0 Å². The summed E-state index contributed by atoms with van der Waals surface area (Å²) in [5.74, 6) is -2.83. The van der Waals surface area contributed by atoms with E-state index in [1.807, 2.05) is 0 Å². The number of halogens is 6. The van der Waals surface area contributed by atoms with Crippen LogP contribution in [-0.2, 0) is 27.5 Å². The standard InChI is InChI=1S/C39H43F6N3O7S/c1-2-7-30-37(55-26-21-31(56-23-26)39(43,44)45,13-6-17-48(30)33(49)32-28(38(40,41)42)9-5-16-46-32)35(52)47-18-14-36(53,15-19-47)27-8-3-4-10-29(27)54-22-24-11-12-25(20-24)34(50)51/h3-5,8-10,16,21,23-25,30,53H,2,6-7,11-15,17-20,22H2,1H3,(H,50,51)/t24?,25-,30-,37+/m1/s1. The topological polar surface area (TPSA) is 130 Å². The molecule has 3 aliphatic rings. The van der Waals surface area contributed by atoms with Gasteiger partial charge in [0.25, 0.3) is 11.8 Å². The molecule has 1 saturated carbocycles. The molecule has 2 aromatic heterocycles. The maximum Gasteiger partial charge on any atom is 0.425 e. The summed E-state index contributed by atoms with van der Waals surface area (Å²) in [6.45, 7) is 1.90. The van der Waals surface area contributed by atoms with Crippen molar-refractivity contribution in [2.24, 2.45) is 11.8 Å². The van der Waals surface area contributed by atoms with E-state index in [4.69, 9.17) is 9.47 Å². The number of benzene rings is 1. The third kappa shape index (κ3) is 8.48. The molecule has 17 heteroatoms. The van der Waals surface area contributed by atoms with Crippen molar-refractivity contribution in [3.63, 3.8) is 0 Å². The fourth-order valence-electron chi connectivity index (χ4n) is 8.33. The van der Waals surface area contributed by atoms with Crippen molar-refractivity contribution in [3.8, 4) is 11.5 Å². The number of carbonyl (C=O) groups is 3. The van der Waals surface area contributed by atoms with Crippen LogP contribution in [-0.4, -0.2) is 80.7 Å². The number of para-hydroxylation sites is 1. The number of thiophene rings is 1. The predicted molar refractivity (Wildman–Crippen MR) is 191 cm³/mol. The smallest absolute Gasteiger partial charge is 0.425 e. The Morgan fingerprint density at radius 2 is 1.71 bits per heavy atom. The Balaban J connectivity index is 1.29. The van der Waals surface area contributed by atoms with Crippen LogP contribution in [0.3, 0.4) is 0 Å². The Kier molecular flexibility index (Phi) is 12.0. The van der Waals surface area contributed by atoms with Crippen LogP contribution in [0.4, 0.5) is 26.3 Å². The molecule has 0 bridgehead atoms. The molecule has 56 heavy (non-hydrogen) atoms. The van der Waals surface area contributed by atoms with Gasteiger partial charge in [-0.2, -0.15) is 26.3 Å². The summed E-state index contributed by atoms with van der Waals surface area (Å²) in [5, 5.41) is 22.5. The number of amides is 2. The molecule has 4 heterocycles. The first-order valence-corrected chi connectivity index (χ1v) is 19.5. The fraction of sp³-hybridized carbons (Fsp3) is 0.538. The Bertz CT molecular complexity index is 1900. The number of ether oxygens (including phenoxy) is 2. The second-order valence-electron chi connectivity index (χ2n) is 14.8. The zero-order valence-electron chi connectivity index (χ0n) is 30.6. The number of aromatic nitrogens is 1. The van der Waals surface area contributed by atoms with Crippen LogP contribution in [0.5, 0.6) is 11.5 Å². The third-order valence-corrected chi connectivity index (χ3v) is 12.1. The minimum absolute atomic E-state index is 0.0274. The van der Waals surface area contributed by atoms with Crippen LogP contribution in [0.15, 0.2) is 54.0 Å². The van der Waals surface area contributed by atoms with Crippen LogP contribution < -0.4 is 9.47 Å². The van der Waals surface area contributed by atoms with Crippen LogP contribution in [0.25, 0.3) is 0 Å². The highest BCUT2D eigenvalue weighted by Crippen LogP contribution is 2.45. The number of carboxylic acids is 1. The number of hydrogen-bond acceptors (Lipinski definition) is 8. The first-order chi connectivity index (χ1) is 26.5. The van der Waals surface area contributed by atoms with Gasteiger partial charge in [0.2, 0.25) is 5.60 Å². The summed E-state index contributed by atoms with van der Waals surface area (Å²) in [5.41, 5.74) is -5.09. The number of nitrogens with zero attached hydrogens (tertiary/aromatic N) is 3. The molecule has 2 N–H and O–H groups in total. The monoisotopic (exact) mass is 811 g/mol. The molecule has 2 saturated heterocycles. The number of aliphatic hydroxyl groups is 1. The second-order valence-corrected chi connectivity index (χ2v) is 15.7. The van der Waals surface area contributed by atoms with Gasteiger partial charge in [-0.25, -0.2) is 0 Å². The van der Waals surface area contributed by atoms with Crippen LogP contribution in [0.1, 0.15) is 91.2 Å². The molecule has 1 unspecified atom stereocenters. The minimum Gasteiger partial charge on any atom is -0.493 e. The summed E-state index contributed by atoms with van der Waals surface area (Å²) in [6, 6.07) is 8.28. The van der Waals surface area contributed by atoms with E-state index in [1.54, 1.807) is 31.2 Å². The molecular weight excluding hydrogens is 768 g/mol. The van der Waals surface area contributed by atoms with Crippen molar-refractivity contribution in [2.75, 3.05) is 26.2 Å². The van der Waals surface area contributed by atoms with Gasteiger partial charge in [0.15, 0.2) is 0 Å². The lowest BCUT2D eigenvalue weighted by molar-refractivity contribution is -0.163. The molecule has 3 fully saturated rings. The number of alkyl halides is 6. The number of likely N-dealkylation sites (tertiary alicyclic amines) is 2. The summed E-state index contributed by atoms with van der Waals surface area (Å²) in [4.78, 5) is 45.8. The lowest BCUT2D eigenvalue weighted by atomic mass is 9.78. The molecule has 1 aromatic carbocycles. The van der Waals surface area contributed by atoms with Crippen molar-refractivity contribution in [1.82, 2.24) is 14.8 Å². The summed E-state index contributed by atoms with van der Waals surface area (Å²) in [7, 11) is 0. The molecule has 4 atom stereocenters. The van der Waals surface area contributed by atoms with Gasteiger partial charge in [-0.15, -0.1) is 11.3 Å². The SMILES string of the molecule is CCC[C@H]1N(C(=O)c2ncccc2C(F)(F)F)CCC[C@@]1(Oc1csc(C(F)(F)F)c1)C(=O)N1CCC(O)(c2ccccc2OCC2CC[C@@H](C(=O)O)C2)CC1. The molecular formula is C39H43F6N3O7S. The van der Waals surface area contributed by atoms with E-state index < -0.39 is 69.4 Å². The van der Waals surface area contributed by atoms with Gasteiger partial charge in [-0.1, -0.05) is 31.5 Å². The number of aliphatic carboxylic acids is 1. The molecule has 1 aliphatic carbocycles. The normalized spacial score (nSPS) is 24.2. The van der Waals surface area contributed by atoms with Crippen LogP contribution in [0.2, 0.25) is 0 Å². The van der Waals surface area contributed by atoms with Gasteiger partial charge >= 0.3 is 18.3 Å². The van der Waals surface area contributed by atoms with E-state index >= 15 is 0 Å². The average molecular weight is 812 g/mol. The third-order valence-electron chi connectivity index (χ3n) is 11.1. The number of piperidine rings is 2. The van der Waals surface area contributed by atoms with Gasteiger partial charge in [-0.05, 0) is 69.1 Å². The zero-order chi connectivity index (χ0) is 40.5. The molecule has 2 amide bonds. The molecule has 10 nitrogen and oxygen atoms in total. The van der Waals surface area contributed by atoms with Gasteiger partial charge in [0.1, 0.15) is 22.1 Å². The first-order valence-electron chi connectivity index (χ1n) is 18.6. The Morgan fingerprint density at radius 1 is 0.982 bits per heavy atom. The predicted octanol–water partition coefficient (Wildman–Crippen LogP) is 7.79. The summed E-state index contributed by atoms with van der Waals surface area (Å²) < 4.78 is 95.8. The number of rotatable bonds is 11. The number of hydrogen-bond donors (Lipinski definition) is 2. The number of pyridine rings is 1. The number of carbonyl (C=O) groups excluding carboxylic acids is 2. The van der Waals surface area contributed by atoms with Gasteiger partial charge in [0, 0.05) is 49.3 Å². The van der Waals surface area contributed by atoms with Gasteiger partial charge in [-0.3, -0.25) is 19.4 Å². The Morgan fingerprint density at radius 3 is 2.36 bits per heavy atom. The van der Waals surface area contributed by atoms with E-state index in [1.165, 1.54) is 4.90 Å². The molecule has 304 valence electrons. The zero-order valence-corrected chi connectivity index (χ0v) is 31.4. The minimum atomic E-state index is -4.92. The number of carboxylic acid groups (broad SMARTS) is 1. The van der Waals surface area contributed by atoms with Crippen LogP contribution >= 0.6 is 11.3 Å².